The summed E-state index contributed by atoms with van der Waals surface area (Å²) in [6.45, 7) is 2.90. The molecular weight excluding hydrogens is 254 g/mol. The number of carboxylic acid groups (broad SMARTS) is 1. The summed E-state index contributed by atoms with van der Waals surface area (Å²) in [6.07, 6.45) is 0.463. The van der Waals surface area contributed by atoms with Crippen LogP contribution in [0.15, 0.2) is 0 Å². The van der Waals surface area contributed by atoms with E-state index in [0.717, 1.165) is 6.92 Å². The largest absolute Gasteiger partial charge is 0.479 e. The van der Waals surface area contributed by atoms with Gasteiger partial charge in [0.2, 0.25) is 5.91 Å². The predicted octanol–water partition coefficient (Wildman–Crippen LogP) is -1.27. The van der Waals surface area contributed by atoms with Gasteiger partial charge in [-0.3, -0.25) is 4.79 Å². The smallest absolute Gasteiger partial charge is 0.337 e. The van der Waals surface area contributed by atoms with Crippen LogP contribution in [0.25, 0.3) is 0 Å². The first-order valence-electron chi connectivity index (χ1n) is 5.87. The van der Waals surface area contributed by atoms with Crippen molar-refractivity contribution in [1.29, 1.82) is 0 Å². The monoisotopic (exact) mass is 273 g/mol. The first-order chi connectivity index (χ1) is 8.58. The molecule has 1 rings (SSSR count). The van der Waals surface area contributed by atoms with Crippen molar-refractivity contribution in [2.24, 2.45) is 11.1 Å². The van der Waals surface area contributed by atoms with Crippen LogP contribution in [0.3, 0.4) is 0 Å². The summed E-state index contributed by atoms with van der Waals surface area (Å²) in [5.74, 6) is -1.89. The molecule has 1 heterocycles. The fraction of sp³-hybridized carbons (Fsp3) is 0.727. The molecule has 0 spiro atoms. The highest BCUT2D eigenvalue weighted by atomic mass is 16.4. The molecule has 0 saturated carbocycles. The SMILES string of the molecule is CC(O)(CNC(=O)N1CCC(C)(C(N)=O)C1)C(=O)O. The molecule has 8 heteroatoms. The zero-order valence-corrected chi connectivity index (χ0v) is 11.0. The van der Waals surface area contributed by atoms with Gasteiger partial charge in [0.15, 0.2) is 5.60 Å². The number of carbonyl (C=O) groups is 3. The van der Waals surface area contributed by atoms with Gasteiger partial charge in [-0.1, -0.05) is 0 Å². The highest BCUT2D eigenvalue weighted by Crippen LogP contribution is 2.29. The van der Waals surface area contributed by atoms with E-state index in [1.165, 1.54) is 4.90 Å². The van der Waals surface area contributed by atoms with E-state index in [0.29, 0.717) is 13.0 Å². The van der Waals surface area contributed by atoms with Crippen molar-refractivity contribution in [3.8, 4) is 0 Å². The van der Waals surface area contributed by atoms with Crippen LogP contribution in [-0.4, -0.2) is 58.3 Å². The number of nitrogens with one attached hydrogen (secondary N) is 1. The highest BCUT2D eigenvalue weighted by Gasteiger charge is 2.41. The third-order valence-electron chi connectivity index (χ3n) is 3.40. The highest BCUT2D eigenvalue weighted by molar-refractivity contribution is 5.83. The summed E-state index contributed by atoms with van der Waals surface area (Å²) in [4.78, 5) is 35.1. The molecule has 0 radical (unpaired) electrons. The lowest BCUT2D eigenvalue weighted by molar-refractivity contribution is -0.155. The molecule has 0 aliphatic carbocycles. The van der Waals surface area contributed by atoms with E-state index in [9.17, 15) is 19.5 Å². The van der Waals surface area contributed by atoms with Crippen LogP contribution in [0.4, 0.5) is 4.79 Å². The molecule has 1 fully saturated rings. The number of hydrogen-bond acceptors (Lipinski definition) is 4. The van der Waals surface area contributed by atoms with E-state index in [-0.39, 0.29) is 6.54 Å². The number of rotatable bonds is 4. The second kappa shape index (κ2) is 5.04. The maximum absolute atomic E-state index is 11.8. The summed E-state index contributed by atoms with van der Waals surface area (Å²) < 4.78 is 0. The van der Waals surface area contributed by atoms with Crippen LogP contribution in [0, 0.1) is 5.41 Å². The van der Waals surface area contributed by atoms with Crippen LogP contribution in [-0.2, 0) is 9.59 Å². The van der Waals surface area contributed by atoms with Crippen LogP contribution in [0.5, 0.6) is 0 Å². The molecule has 1 aliphatic rings. The summed E-state index contributed by atoms with van der Waals surface area (Å²) in [5, 5.41) is 20.5. The number of hydrogen-bond donors (Lipinski definition) is 4. The molecule has 0 aromatic heterocycles. The summed E-state index contributed by atoms with van der Waals surface area (Å²) in [5.41, 5.74) is 2.48. The van der Waals surface area contributed by atoms with Gasteiger partial charge in [-0.05, 0) is 20.3 Å². The van der Waals surface area contributed by atoms with E-state index in [2.05, 4.69) is 5.32 Å². The Morgan fingerprint density at radius 3 is 2.47 bits per heavy atom. The Bertz CT molecular complexity index is 409. The fourth-order valence-corrected chi connectivity index (χ4v) is 1.77. The van der Waals surface area contributed by atoms with Crippen molar-refractivity contribution in [2.75, 3.05) is 19.6 Å². The Morgan fingerprint density at radius 2 is 2.05 bits per heavy atom. The molecule has 0 aromatic rings. The van der Waals surface area contributed by atoms with Gasteiger partial charge in [0.1, 0.15) is 0 Å². The van der Waals surface area contributed by atoms with Crippen molar-refractivity contribution in [1.82, 2.24) is 10.2 Å². The lowest BCUT2D eigenvalue weighted by Gasteiger charge is -2.23. The van der Waals surface area contributed by atoms with Gasteiger partial charge in [-0.25, -0.2) is 9.59 Å². The number of likely N-dealkylation sites (tertiary alicyclic amines) is 1. The molecule has 2 atom stereocenters. The minimum atomic E-state index is -2.03. The Labute approximate surface area is 110 Å². The Balaban J connectivity index is 2.53. The number of aliphatic carboxylic acids is 1. The van der Waals surface area contributed by atoms with Crippen LogP contribution >= 0.6 is 0 Å². The standard InChI is InChI=1S/C11H19N3O5/c1-10(7(12)15)3-4-14(6-10)9(18)13-5-11(2,19)8(16)17/h19H,3-6H2,1-2H3,(H2,12,15)(H,13,18)(H,16,17). The van der Waals surface area contributed by atoms with Crippen molar-refractivity contribution >= 4 is 17.9 Å². The number of nitrogens with zero attached hydrogens (tertiary/aromatic N) is 1. The molecular formula is C11H19N3O5. The Hall–Kier alpha value is -1.83. The van der Waals surface area contributed by atoms with E-state index in [1.54, 1.807) is 6.92 Å². The van der Waals surface area contributed by atoms with E-state index in [4.69, 9.17) is 10.8 Å². The molecule has 5 N–H and O–H groups in total. The zero-order valence-electron chi connectivity index (χ0n) is 11.0. The van der Waals surface area contributed by atoms with E-state index < -0.39 is 35.5 Å². The van der Waals surface area contributed by atoms with Gasteiger partial charge in [0.05, 0.1) is 12.0 Å². The van der Waals surface area contributed by atoms with Gasteiger partial charge in [0, 0.05) is 13.1 Å². The van der Waals surface area contributed by atoms with Gasteiger partial charge in [-0.2, -0.15) is 0 Å². The minimum Gasteiger partial charge on any atom is -0.479 e. The molecule has 19 heavy (non-hydrogen) atoms. The maximum atomic E-state index is 11.8. The topological polar surface area (TPSA) is 133 Å². The summed E-state index contributed by atoms with van der Waals surface area (Å²) >= 11 is 0. The molecule has 1 aliphatic heterocycles. The lowest BCUT2D eigenvalue weighted by Crippen LogP contribution is -2.50. The van der Waals surface area contributed by atoms with E-state index in [1.807, 2.05) is 0 Å². The van der Waals surface area contributed by atoms with Crippen molar-refractivity contribution in [2.45, 2.75) is 25.9 Å². The van der Waals surface area contributed by atoms with Gasteiger partial charge >= 0.3 is 12.0 Å². The Morgan fingerprint density at radius 1 is 1.47 bits per heavy atom. The molecule has 1 saturated heterocycles. The third kappa shape index (κ3) is 3.34. The van der Waals surface area contributed by atoms with Crippen LogP contribution < -0.4 is 11.1 Å². The number of urea groups is 1. The fourth-order valence-electron chi connectivity index (χ4n) is 1.77. The number of carboxylic acids is 1. The summed E-state index contributed by atoms with van der Waals surface area (Å²) in [6, 6.07) is -0.522. The molecule has 2 unspecified atom stereocenters. The van der Waals surface area contributed by atoms with Crippen molar-refractivity contribution in [3.63, 3.8) is 0 Å². The number of primary amides is 1. The number of aliphatic hydroxyl groups is 1. The second-order valence-corrected chi connectivity index (χ2v) is 5.33. The normalized spacial score (nSPS) is 25.7. The second-order valence-electron chi connectivity index (χ2n) is 5.33. The zero-order chi connectivity index (χ0) is 14.8. The molecule has 0 bridgehead atoms. The number of amides is 3. The maximum Gasteiger partial charge on any atom is 0.337 e. The summed E-state index contributed by atoms with van der Waals surface area (Å²) in [7, 11) is 0. The van der Waals surface area contributed by atoms with Gasteiger partial charge in [0.25, 0.3) is 0 Å². The Kier molecular flexibility index (Phi) is 4.04. The number of carbonyl (C=O) groups excluding carboxylic acids is 2. The predicted molar refractivity (Wildman–Crippen MR) is 65.1 cm³/mol. The minimum absolute atomic E-state index is 0.184. The van der Waals surface area contributed by atoms with Gasteiger partial charge in [-0.15, -0.1) is 0 Å². The van der Waals surface area contributed by atoms with Crippen molar-refractivity contribution < 1.29 is 24.6 Å². The van der Waals surface area contributed by atoms with Crippen LogP contribution in [0.2, 0.25) is 0 Å². The molecule has 8 nitrogen and oxygen atoms in total. The average Bonchev–Trinajstić information content (AvgIpc) is 2.70. The first kappa shape index (κ1) is 15.2. The van der Waals surface area contributed by atoms with E-state index >= 15 is 0 Å². The number of nitrogens with two attached hydrogens (primary N) is 1. The first-order valence-corrected chi connectivity index (χ1v) is 5.87. The van der Waals surface area contributed by atoms with Crippen LogP contribution in [0.1, 0.15) is 20.3 Å². The van der Waals surface area contributed by atoms with Crippen molar-refractivity contribution in [3.05, 3.63) is 0 Å². The molecule has 0 aromatic carbocycles. The quantitative estimate of drug-likeness (QED) is 0.507. The third-order valence-corrected chi connectivity index (χ3v) is 3.40. The molecule has 3 amide bonds. The lowest BCUT2D eigenvalue weighted by atomic mass is 9.89. The average molecular weight is 273 g/mol. The van der Waals surface area contributed by atoms with Gasteiger partial charge < -0.3 is 26.2 Å². The molecule has 108 valence electrons.